The highest BCUT2D eigenvalue weighted by molar-refractivity contribution is 7.89. The minimum Gasteiger partial charge on any atom is -0.459 e. The number of furan rings is 1. The smallest absolute Gasteiger partial charge is 0.266 e. The van der Waals surface area contributed by atoms with Crippen molar-refractivity contribution in [2.45, 2.75) is 12.8 Å². The highest BCUT2D eigenvalue weighted by Crippen LogP contribution is 2.31. The van der Waals surface area contributed by atoms with Gasteiger partial charge in [-0.05, 0) is 25.0 Å². The van der Waals surface area contributed by atoms with Crippen molar-refractivity contribution < 1.29 is 26.8 Å². The van der Waals surface area contributed by atoms with Crippen molar-refractivity contribution in [3.8, 4) is 17.7 Å². The average Bonchev–Trinajstić information content (AvgIpc) is 3.49. The van der Waals surface area contributed by atoms with Gasteiger partial charge in [-0.2, -0.15) is 14.6 Å². The number of oxazole rings is 1. The van der Waals surface area contributed by atoms with Gasteiger partial charge in [-0.1, -0.05) is 0 Å². The Morgan fingerprint density at radius 3 is 2.66 bits per heavy atom. The number of nitrogens with one attached hydrogen (secondary N) is 1. The first-order valence-electron chi connectivity index (χ1n) is 10.5. The normalized spacial score (nSPS) is 18.4. The second kappa shape index (κ2) is 9.72. The number of carbonyl (C=O) groups is 1. The predicted molar refractivity (Wildman–Crippen MR) is 113 cm³/mol. The van der Waals surface area contributed by atoms with Gasteiger partial charge in [-0.15, -0.1) is 0 Å². The Hall–Kier alpha value is -2.88. The van der Waals surface area contributed by atoms with Crippen LogP contribution in [-0.2, 0) is 19.6 Å². The van der Waals surface area contributed by atoms with Gasteiger partial charge in [0.15, 0.2) is 5.76 Å². The number of hydrogen-bond acceptors (Lipinski definition) is 9. The van der Waals surface area contributed by atoms with Crippen LogP contribution in [0.4, 0.5) is 5.88 Å². The van der Waals surface area contributed by atoms with Gasteiger partial charge < -0.3 is 23.8 Å². The van der Waals surface area contributed by atoms with E-state index in [0.717, 1.165) is 0 Å². The zero-order valence-corrected chi connectivity index (χ0v) is 18.3. The summed E-state index contributed by atoms with van der Waals surface area (Å²) in [6, 6.07) is 5.45. The molecule has 172 valence electrons. The summed E-state index contributed by atoms with van der Waals surface area (Å²) in [5.41, 5.74) is 0.174. The van der Waals surface area contributed by atoms with Gasteiger partial charge in [0.1, 0.15) is 6.07 Å². The van der Waals surface area contributed by atoms with Crippen LogP contribution in [0, 0.1) is 17.2 Å². The van der Waals surface area contributed by atoms with E-state index < -0.39 is 10.0 Å². The molecule has 2 saturated heterocycles. The van der Waals surface area contributed by atoms with Crippen LogP contribution in [0.15, 0.2) is 27.2 Å². The molecule has 2 aromatic rings. The molecule has 1 amide bonds. The summed E-state index contributed by atoms with van der Waals surface area (Å²) >= 11 is 0. The van der Waals surface area contributed by atoms with Crippen LogP contribution < -0.4 is 10.2 Å². The first-order valence-corrected chi connectivity index (χ1v) is 12.1. The number of ether oxygens (including phenoxy) is 1. The van der Waals surface area contributed by atoms with Crippen LogP contribution in [0.5, 0.6) is 0 Å². The molecule has 1 N–H and O–H groups in total. The number of rotatable bonds is 7. The lowest BCUT2D eigenvalue weighted by Gasteiger charge is -2.31. The lowest BCUT2D eigenvalue weighted by Crippen LogP contribution is -2.45. The first-order chi connectivity index (χ1) is 15.5. The number of nitriles is 1. The van der Waals surface area contributed by atoms with Gasteiger partial charge >= 0.3 is 0 Å². The molecule has 32 heavy (non-hydrogen) atoms. The number of nitrogens with zero attached hydrogens (tertiary/aromatic N) is 4. The molecule has 0 unspecified atom stereocenters. The predicted octanol–water partition coefficient (Wildman–Crippen LogP) is 0.801. The topological polar surface area (TPSA) is 142 Å². The van der Waals surface area contributed by atoms with Crippen molar-refractivity contribution in [1.29, 1.82) is 5.26 Å². The van der Waals surface area contributed by atoms with Crippen LogP contribution in [0.1, 0.15) is 18.5 Å². The Kier molecular flexibility index (Phi) is 6.78. The van der Waals surface area contributed by atoms with E-state index in [1.165, 1.54) is 10.6 Å². The summed E-state index contributed by atoms with van der Waals surface area (Å²) in [5.74, 6) is 0.536. The number of anilines is 1. The molecule has 11 nitrogen and oxygen atoms in total. The van der Waals surface area contributed by atoms with Crippen LogP contribution in [0.2, 0.25) is 0 Å². The molecule has 0 atom stereocenters. The summed E-state index contributed by atoms with van der Waals surface area (Å²) < 4.78 is 42.3. The van der Waals surface area contributed by atoms with Crippen LogP contribution in [-0.4, -0.2) is 75.3 Å². The number of aromatic nitrogens is 1. The number of sulfonamides is 1. The molecule has 4 rings (SSSR count). The van der Waals surface area contributed by atoms with Gasteiger partial charge in [0.2, 0.25) is 27.5 Å². The molecule has 2 fully saturated rings. The lowest BCUT2D eigenvalue weighted by molar-refractivity contribution is -0.125. The number of morpholine rings is 1. The third-order valence-electron chi connectivity index (χ3n) is 5.62. The fourth-order valence-electron chi connectivity index (χ4n) is 3.85. The van der Waals surface area contributed by atoms with E-state index >= 15 is 0 Å². The van der Waals surface area contributed by atoms with Gasteiger partial charge in [-0.3, -0.25) is 4.79 Å². The Morgan fingerprint density at radius 1 is 1.25 bits per heavy atom. The molecule has 0 radical (unpaired) electrons. The Morgan fingerprint density at radius 2 is 2.00 bits per heavy atom. The van der Waals surface area contributed by atoms with Crippen molar-refractivity contribution >= 4 is 21.8 Å². The van der Waals surface area contributed by atoms with E-state index in [2.05, 4.69) is 10.3 Å². The van der Waals surface area contributed by atoms with E-state index in [4.69, 9.17) is 13.6 Å². The molecule has 2 aromatic heterocycles. The fraction of sp³-hybridized carbons (Fsp3) is 0.550. The molecule has 0 saturated carbocycles. The minimum atomic E-state index is -3.41. The molecule has 2 aliphatic heterocycles. The Labute approximate surface area is 186 Å². The number of hydrogen-bond donors (Lipinski definition) is 1. The highest BCUT2D eigenvalue weighted by Gasteiger charge is 2.30. The van der Waals surface area contributed by atoms with Crippen LogP contribution in [0.25, 0.3) is 11.7 Å². The fourth-order valence-corrected chi connectivity index (χ4v) is 5.17. The van der Waals surface area contributed by atoms with Crippen molar-refractivity contribution in [3.05, 3.63) is 24.1 Å². The standard InChI is InChI=1S/C20H25N5O6S/c21-14-16-20(31-19(23-16)17-2-1-10-30-17)24-6-3-15(4-7-24)18(26)22-5-13-32(27,28)25-8-11-29-12-9-25/h1-2,10,15H,3-9,11-13H2,(H,22,26). The summed E-state index contributed by atoms with van der Waals surface area (Å²) in [6.07, 6.45) is 2.62. The molecule has 0 aromatic carbocycles. The molecular formula is C20H25N5O6S. The van der Waals surface area contributed by atoms with Gasteiger partial charge in [0, 0.05) is 38.6 Å². The maximum Gasteiger partial charge on any atom is 0.266 e. The minimum absolute atomic E-state index is 0.0753. The zero-order valence-electron chi connectivity index (χ0n) is 17.5. The largest absolute Gasteiger partial charge is 0.459 e. The number of amides is 1. The first kappa shape index (κ1) is 22.3. The van der Waals surface area contributed by atoms with E-state index in [-0.39, 0.29) is 35.7 Å². The van der Waals surface area contributed by atoms with E-state index in [9.17, 15) is 18.5 Å². The highest BCUT2D eigenvalue weighted by atomic mass is 32.2. The molecular weight excluding hydrogens is 438 g/mol. The number of piperidine rings is 1. The molecule has 0 aliphatic carbocycles. The molecule has 4 heterocycles. The molecule has 0 spiro atoms. The quantitative estimate of drug-likeness (QED) is 0.631. The van der Waals surface area contributed by atoms with Gasteiger partial charge in [-0.25, -0.2) is 8.42 Å². The second-order valence-electron chi connectivity index (χ2n) is 7.64. The van der Waals surface area contributed by atoms with Crippen molar-refractivity contribution in [2.75, 3.05) is 56.6 Å². The number of carbonyl (C=O) groups excluding carboxylic acids is 1. The third-order valence-corrected chi connectivity index (χ3v) is 7.49. The SMILES string of the molecule is N#Cc1nc(-c2ccco2)oc1N1CCC(C(=O)NCCS(=O)(=O)N2CCOCC2)CC1. The zero-order chi connectivity index (χ0) is 22.6. The second-order valence-corrected chi connectivity index (χ2v) is 9.73. The summed E-state index contributed by atoms with van der Waals surface area (Å²) in [5, 5.41) is 12.2. The maximum absolute atomic E-state index is 12.5. The lowest BCUT2D eigenvalue weighted by atomic mass is 9.96. The molecule has 0 bridgehead atoms. The van der Waals surface area contributed by atoms with Gasteiger partial charge in [0.25, 0.3) is 5.89 Å². The van der Waals surface area contributed by atoms with Crippen LogP contribution in [0.3, 0.4) is 0 Å². The molecule has 2 aliphatic rings. The van der Waals surface area contributed by atoms with E-state index in [0.29, 0.717) is 63.9 Å². The van der Waals surface area contributed by atoms with E-state index in [1.54, 1.807) is 12.1 Å². The summed E-state index contributed by atoms with van der Waals surface area (Å²) in [6.45, 7) is 2.60. The van der Waals surface area contributed by atoms with Crippen LogP contribution >= 0.6 is 0 Å². The molecule has 12 heteroatoms. The van der Waals surface area contributed by atoms with Crippen molar-refractivity contribution in [3.63, 3.8) is 0 Å². The Bertz CT molecular complexity index is 1060. The van der Waals surface area contributed by atoms with Crippen molar-refractivity contribution in [2.24, 2.45) is 5.92 Å². The Balaban J connectivity index is 1.27. The third kappa shape index (κ3) is 4.95. The van der Waals surface area contributed by atoms with E-state index in [1.807, 2.05) is 11.0 Å². The summed E-state index contributed by atoms with van der Waals surface area (Å²) in [7, 11) is -3.41. The average molecular weight is 464 g/mol. The van der Waals surface area contributed by atoms with Gasteiger partial charge in [0.05, 0.1) is 25.2 Å². The monoisotopic (exact) mass is 463 g/mol. The summed E-state index contributed by atoms with van der Waals surface area (Å²) in [4.78, 5) is 18.6. The maximum atomic E-state index is 12.5. The van der Waals surface area contributed by atoms with Crippen molar-refractivity contribution in [1.82, 2.24) is 14.6 Å².